The van der Waals surface area contributed by atoms with Crippen molar-refractivity contribution in [1.29, 1.82) is 0 Å². The average molecular weight is 914 g/mol. The molecule has 356 valence electrons. The largest absolute Gasteiger partial charge is 0.481 e. The molecule has 8 atom stereocenters. The first-order valence-corrected chi connectivity index (χ1v) is 22.5. The van der Waals surface area contributed by atoms with E-state index >= 15 is 0 Å². The van der Waals surface area contributed by atoms with Gasteiger partial charge in [-0.2, -0.15) is 0 Å². The second kappa shape index (κ2) is 23.2. The van der Waals surface area contributed by atoms with Crippen LogP contribution in [-0.4, -0.2) is 131 Å². The minimum absolute atomic E-state index is 0.0583. The van der Waals surface area contributed by atoms with Gasteiger partial charge in [0.05, 0.1) is 42.4 Å². The molecule has 0 unspecified atom stereocenters. The van der Waals surface area contributed by atoms with Crippen molar-refractivity contribution >= 4 is 58.8 Å². The maximum atomic E-state index is 14.4. The van der Waals surface area contributed by atoms with E-state index in [1.807, 2.05) is 58.0 Å². The normalized spacial score (nSPS) is 18.3. The fourth-order valence-electron chi connectivity index (χ4n) is 8.42. The third-order valence-corrected chi connectivity index (χ3v) is 11.8. The molecule has 0 bridgehead atoms. The van der Waals surface area contributed by atoms with Crippen molar-refractivity contribution in [2.75, 3.05) is 19.6 Å². The van der Waals surface area contributed by atoms with Gasteiger partial charge in [-0.3, -0.25) is 43.5 Å². The highest BCUT2D eigenvalue weighted by molar-refractivity contribution is 5.98. The molecule has 66 heavy (non-hydrogen) atoms. The first-order chi connectivity index (χ1) is 31.4. The lowest BCUT2D eigenvalue weighted by atomic mass is 10.00. The quantitative estimate of drug-likeness (QED) is 0.0545. The van der Waals surface area contributed by atoms with Crippen molar-refractivity contribution in [2.45, 2.75) is 128 Å². The fourth-order valence-corrected chi connectivity index (χ4v) is 8.42. The van der Waals surface area contributed by atoms with Crippen LogP contribution < -0.4 is 53.5 Å². The number of carboxylic acid groups (broad SMARTS) is 1. The summed E-state index contributed by atoms with van der Waals surface area (Å²) in [6.07, 6.45) is -0.389. The minimum Gasteiger partial charge on any atom is -0.481 e. The number of aliphatic hydroxyl groups excluding tert-OH is 1. The van der Waals surface area contributed by atoms with E-state index in [2.05, 4.69) is 36.6 Å². The molecule has 5 rings (SSSR count). The number of aliphatic hydroxyl groups is 1. The predicted molar refractivity (Wildman–Crippen MR) is 242 cm³/mol. The molecule has 0 aromatic heterocycles. The summed E-state index contributed by atoms with van der Waals surface area (Å²) in [4.78, 5) is 118. The molecule has 1 saturated heterocycles. The van der Waals surface area contributed by atoms with Crippen LogP contribution in [0.5, 0.6) is 0 Å². The van der Waals surface area contributed by atoms with Gasteiger partial charge in [0, 0.05) is 23.4 Å². The van der Waals surface area contributed by atoms with Gasteiger partial charge in [0.1, 0.15) is 42.5 Å². The number of amides is 6. The molecule has 3 heterocycles. The number of carboxylic acids is 1. The molecule has 0 saturated carbocycles. The molecule has 19 heteroatoms. The van der Waals surface area contributed by atoms with Crippen molar-refractivity contribution in [3.63, 3.8) is 0 Å². The monoisotopic (exact) mass is 913 g/mol. The maximum Gasteiger partial charge on any atom is 0.305 e. The Kier molecular flexibility index (Phi) is 17.8. The number of rotatable bonds is 23. The molecule has 1 fully saturated rings. The number of nitrogens with two attached hydrogens (primary N) is 1. The number of carbonyl (C=O) groups excluding carboxylic acids is 7. The number of hydrogen-bond acceptors (Lipinski definition) is 12. The van der Waals surface area contributed by atoms with Crippen LogP contribution in [0.4, 0.5) is 0 Å². The van der Waals surface area contributed by atoms with Gasteiger partial charge in [0.15, 0.2) is 0 Å². The number of hydrogen-bond donors (Lipinski definition) is 8. The number of carbonyl (C=O) groups is 8. The highest BCUT2D eigenvalue weighted by Gasteiger charge is 2.40. The zero-order chi connectivity index (χ0) is 48.2. The van der Waals surface area contributed by atoms with E-state index < -0.39 is 96.2 Å². The number of aldehydes is 1. The summed E-state index contributed by atoms with van der Waals surface area (Å²) in [6.45, 7) is 9.44. The molecule has 3 aliphatic heterocycles. The molecule has 2 aromatic carbocycles. The Labute approximate surface area is 382 Å². The Hall–Kier alpha value is -6.34. The van der Waals surface area contributed by atoms with E-state index in [-0.39, 0.29) is 57.0 Å². The Morgan fingerprint density at radius 2 is 1.23 bits per heavy atom. The van der Waals surface area contributed by atoms with Crippen molar-refractivity contribution in [3.05, 3.63) is 69.7 Å². The van der Waals surface area contributed by atoms with Gasteiger partial charge in [-0.25, -0.2) is 0 Å². The summed E-state index contributed by atoms with van der Waals surface area (Å²) in [6, 6.07) is 5.97. The lowest BCUT2D eigenvalue weighted by Gasteiger charge is -2.31. The van der Waals surface area contributed by atoms with Crippen molar-refractivity contribution in [3.8, 4) is 0 Å². The summed E-state index contributed by atoms with van der Waals surface area (Å²) >= 11 is 0. The maximum absolute atomic E-state index is 14.4. The summed E-state index contributed by atoms with van der Waals surface area (Å²) in [7, 11) is 0. The first-order valence-electron chi connectivity index (χ1n) is 22.5. The Balaban J connectivity index is 1.36. The standard InChI is InChI=1S/C47H63N9O10/c1-25(2)17-35(42(61)51-30(24-57)19-28-22-49-33-13-8-6-11-31(28)33)52-44(63)37(21-40(59)60)53-43(62)36(20-29-23-50-34-14-9-7-12-32(29)34)54-45(64)39-15-10-16-56(39)47(66)38(18-26(3)4)55-46(65)41(48)27(5)58/h6-9,11-14,24-27,30,35-39,41,58H,10,15-23,48H2,1-5H3,(H,51,61)(H,52,63)(H,53,62)(H,54,64)(H,55,65)(H,59,60)/t27-,30+,35+,36+,37+,38+,39+,41+/m1/s1. The third-order valence-electron chi connectivity index (χ3n) is 11.8. The van der Waals surface area contributed by atoms with Crippen LogP contribution in [0, 0.1) is 11.8 Å². The second-order valence-corrected chi connectivity index (χ2v) is 18.1. The topological polar surface area (TPSA) is 291 Å². The van der Waals surface area contributed by atoms with Crippen molar-refractivity contribution in [2.24, 2.45) is 27.6 Å². The molecule has 19 nitrogen and oxygen atoms in total. The first kappa shape index (κ1) is 50.7. The van der Waals surface area contributed by atoms with Crippen LogP contribution in [0.3, 0.4) is 0 Å². The highest BCUT2D eigenvalue weighted by atomic mass is 16.4. The lowest BCUT2D eigenvalue weighted by Crippen LogP contribution is -2.60. The van der Waals surface area contributed by atoms with E-state index in [0.29, 0.717) is 30.2 Å². The van der Waals surface area contributed by atoms with E-state index in [1.54, 1.807) is 18.2 Å². The van der Waals surface area contributed by atoms with Crippen LogP contribution in [0.25, 0.3) is 11.1 Å². The number of aliphatic carboxylic acids is 1. The van der Waals surface area contributed by atoms with Gasteiger partial charge in [-0.1, -0.05) is 64.1 Å². The van der Waals surface area contributed by atoms with Gasteiger partial charge in [-0.05, 0) is 74.1 Å². The number of nitrogens with one attached hydrogen (secondary N) is 5. The predicted octanol–water partition coefficient (Wildman–Crippen LogP) is -2.38. The van der Waals surface area contributed by atoms with E-state index in [4.69, 9.17) is 5.73 Å². The Morgan fingerprint density at radius 3 is 1.79 bits per heavy atom. The molecule has 0 radical (unpaired) electrons. The lowest BCUT2D eigenvalue weighted by molar-refractivity contribution is -0.143. The average Bonchev–Trinajstić information content (AvgIpc) is 4.03. The SMILES string of the molecule is CC(C)C[C@H](NC(=O)[C@H](CC(=O)O)NC(=O)[C@H](CC1=c2ccccc2=NC1)NC(=O)[C@@H]1CCCN1C(=O)[C@H](CC(C)C)NC(=O)[C@@H](N)[C@@H](C)O)C(=O)N[C@H](C=O)CC1=c2ccccc2=NC1. The molecule has 2 aromatic rings. The van der Waals surface area contributed by atoms with Gasteiger partial charge >= 0.3 is 5.97 Å². The summed E-state index contributed by atoms with van der Waals surface area (Å²) in [5.74, 6) is -6.16. The van der Waals surface area contributed by atoms with Crippen LogP contribution in [0.15, 0.2) is 58.5 Å². The number of likely N-dealkylation sites (tertiary alicyclic amines) is 1. The minimum atomic E-state index is -1.71. The smallest absolute Gasteiger partial charge is 0.305 e. The van der Waals surface area contributed by atoms with Crippen molar-refractivity contribution < 1.29 is 48.6 Å². The second-order valence-electron chi connectivity index (χ2n) is 18.1. The molecular formula is C47H63N9O10. The van der Waals surface area contributed by atoms with E-state index in [0.717, 1.165) is 21.4 Å². The number of nitrogens with zero attached hydrogens (tertiary/aromatic N) is 3. The molecule has 3 aliphatic rings. The Morgan fingerprint density at radius 1 is 0.712 bits per heavy atom. The number of para-hydroxylation sites is 2. The number of fused-ring (bicyclic) bond motifs is 2. The van der Waals surface area contributed by atoms with Crippen molar-refractivity contribution in [1.82, 2.24) is 31.5 Å². The molecule has 0 spiro atoms. The third kappa shape index (κ3) is 13.4. The summed E-state index contributed by atoms with van der Waals surface area (Å²) < 4.78 is 0. The summed E-state index contributed by atoms with van der Waals surface area (Å²) in [5, 5.41) is 36.1. The fraction of sp³-hybridized carbons (Fsp3) is 0.532. The summed E-state index contributed by atoms with van der Waals surface area (Å²) in [5.41, 5.74) is 7.40. The molecular weight excluding hydrogens is 851 g/mol. The molecule has 6 amide bonds. The Bertz CT molecular complexity index is 2420. The van der Waals surface area contributed by atoms with Crippen LogP contribution in [0.2, 0.25) is 0 Å². The van der Waals surface area contributed by atoms with Crippen LogP contribution in [0.1, 0.15) is 79.6 Å². The van der Waals surface area contributed by atoms with Gasteiger partial charge < -0.3 is 52.2 Å². The van der Waals surface area contributed by atoms with E-state index in [9.17, 15) is 48.6 Å². The highest BCUT2D eigenvalue weighted by Crippen LogP contribution is 2.22. The zero-order valence-electron chi connectivity index (χ0n) is 38.1. The molecule has 9 N–H and O–H groups in total. The van der Waals surface area contributed by atoms with Crippen LogP contribution >= 0.6 is 0 Å². The molecule has 0 aliphatic carbocycles. The van der Waals surface area contributed by atoms with Gasteiger partial charge in [-0.15, -0.1) is 0 Å². The van der Waals surface area contributed by atoms with Crippen LogP contribution in [-0.2, 0) is 38.4 Å². The van der Waals surface area contributed by atoms with Gasteiger partial charge in [0.2, 0.25) is 35.4 Å². The zero-order valence-corrected chi connectivity index (χ0v) is 38.1. The van der Waals surface area contributed by atoms with E-state index in [1.165, 1.54) is 11.8 Å². The number of benzene rings is 2. The van der Waals surface area contributed by atoms with Gasteiger partial charge in [0.25, 0.3) is 0 Å².